The number of carbonyl (C=O) groups excluding carboxylic acids is 2. The molecule has 1 fully saturated rings. The predicted molar refractivity (Wildman–Crippen MR) is 148 cm³/mol. The van der Waals surface area contributed by atoms with Gasteiger partial charge in [0.2, 0.25) is 21.8 Å². The van der Waals surface area contributed by atoms with Gasteiger partial charge in [-0.2, -0.15) is 0 Å². The molecule has 2 aromatic rings. The van der Waals surface area contributed by atoms with Gasteiger partial charge in [0.05, 0.1) is 26.2 Å². The van der Waals surface area contributed by atoms with Crippen molar-refractivity contribution in [2.75, 3.05) is 31.3 Å². The van der Waals surface area contributed by atoms with Gasteiger partial charge in [-0.15, -0.1) is 0 Å². The van der Waals surface area contributed by atoms with Crippen LogP contribution in [0.4, 0.5) is 5.69 Å². The molecular formula is C28H39N3O6S. The Morgan fingerprint density at radius 3 is 2.37 bits per heavy atom. The summed E-state index contributed by atoms with van der Waals surface area (Å²) in [6.45, 7) is 3.49. The van der Waals surface area contributed by atoms with E-state index in [1.807, 2.05) is 38.1 Å². The monoisotopic (exact) mass is 545 g/mol. The zero-order chi connectivity index (χ0) is 27.9. The van der Waals surface area contributed by atoms with E-state index < -0.39 is 28.5 Å². The molecule has 1 N–H and O–H groups in total. The maximum Gasteiger partial charge on any atom is 0.244 e. The van der Waals surface area contributed by atoms with Crippen LogP contribution in [-0.2, 0) is 26.2 Å². The first-order chi connectivity index (χ1) is 18.1. The summed E-state index contributed by atoms with van der Waals surface area (Å²) in [6, 6.07) is 11.8. The third kappa shape index (κ3) is 7.40. The molecule has 0 heterocycles. The fourth-order valence-electron chi connectivity index (χ4n) is 4.88. The molecule has 0 spiro atoms. The lowest BCUT2D eigenvalue weighted by Crippen LogP contribution is -2.53. The summed E-state index contributed by atoms with van der Waals surface area (Å²) in [5, 5.41) is 3.11. The highest BCUT2D eigenvalue weighted by Gasteiger charge is 2.33. The summed E-state index contributed by atoms with van der Waals surface area (Å²) in [6.07, 6.45) is 5.40. The fraction of sp³-hybridized carbons (Fsp3) is 0.500. The van der Waals surface area contributed by atoms with Gasteiger partial charge >= 0.3 is 0 Å². The first kappa shape index (κ1) is 29.3. The third-order valence-corrected chi connectivity index (χ3v) is 7.98. The van der Waals surface area contributed by atoms with Crippen LogP contribution in [-0.4, -0.2) is 64.2 Å². The van der Waals surface area contributed by atoms with E-state index in [9.17, 15) is 18.0 Å². The molecule has 0 saturated heterocycles. The molecule has 3 rings (SSSR count). The van der Waals surface area contributed by atoms with Crippen molar-refractivity contribution in [3.63, 3.8) is 0 Å². The van der Waals surface area contributed by atoms with Crippen LogP contribution in [0.15, 0.2) is 42.5 Å². The zero-order valence-corrected chi connectivity index (χ0v) is 23.7. The maximum atomic E-state index is 13.9. The number of carbonyl (C=O) groups is 2. The van der Waals surface area contributed by atoms with Crippen molar-refractivity contribution >= 4 is 27.5 Å². The second-order valence-electron chi connectivity index (χ2n) is 9.73. The molecule has 208 valence electrons. The Labute approximate surface area is 226 Å². The van der Waals surface area contributed by atoms with Crippen molar-refractivity contribution in [2.45, 2.75) is 64.6 Å². The molecule has 1 saturated carbocycles. The summed E-state index contributed by atoms with van der Waals surface area (Å²) in [5.74, 6) is -0.0123. The van der Waals surface area contributed by atoms with Crippen molar-refractivity contribution in [1.29, 1.82) is 0 Å². The Morgan fingerprint density at radius 2 is 1.79 bits per heavy atom. The zero-order valence-electron chi connectivity index (χ0n) is 22.9. The molecule has 1 aliphatic rings. The molecule has 9 nitrogen and oxygen atoms in total. The maximum absolute atomic E-state index is 13.9. The Kier molecular flexibility index (Phi) is 10.0. The predicted octanol–water partition coefficient (Wildman–Crippen LogP) is 3.64. The van der Waals surface area contributed by atoms with Gasteiger partial charge in [0.1, 0.15) is 24.1 Å². The quantitative estimate of drug-likeness (QED) is 0.437. The Bertz CT molecular complexity index is 1230. The van der Waals surface area contributed by atoms with Gasteiger partial charge < -0.3 is 19.7 Å². The number of anilines is 1. The molecule has 0 aromatic heterocycles. The average Bonchev–Trinajstić information content (AvgIpc) is 3.39. The van der Waals surface area contributed by atoms with Gasteiger partial charge in [-0.25, -0.2) is 8.42 Å². The number of benzene rings is 2. The van der Waals surface area contributed by atoms with Crippen LogP contribution in [0, 0.1) is 6.92 Å². The van der Waals surface area contributed by atoms with Gasteiger partial charge in [-0.1, -0.05) is 49.6 Å². The van der Waals surface area contributed by atoms with Gasteiger partial charge in [-0.3, -0.25) is 13.9 Å². The highest BCUT2D eigenvalue weighted by Crippen LogP contribution is 2.34. The van der Waals surface area contributed by atoms with Crippen LogP contribution in [0.5, 0.6) is 11.5 Å². The fourth-order valence-corrected chi connectivity index (χ4v) is 5.73. The van der Waals surface area contributed by atoms with Crippen LogP contribution in [0.25, 0.3) is 0 Å². The van der Waals surface area contributed by atoms with E-state index in [0.717, 1.165) is 47.4 Å². The van der Waals surface area contributed by atoms with Crippen LogP contribution < -0.4 is 19.1 Å². The van der Waals surface area contributed by atoms with Crippen molar-refractivity contribution in [2.24, 2.45) is 0 Å². The lowest BCUT2D eigenvalue weighted by Gasteiger charge is -2.33. The molecular weight excluding hydrogens is 506 g/mol. The van der Waals surface area contributed by atoms with E-state index in [2.05, 4.69) is 5.32 Å². The molecule has 1 atom stereocenters. The van der Waals surface area contributed by atoms with E-state index in [0.29, 0.717) is 12.2 Å². The minimum Gasteiger partial charge on any atom is -0.497 e. The summed E-state index contributed by atoms with van der Waals surface area (Å²) in [4.78, 5) is 28.8. The summed E-state index contributed by atoms with van der Waals surface area (Å²) in [7, 11) is -1.00. The molecule has 1 aliphatic carbocycles. The number of aryl methyl sites for hydroxylation is 1. The van der Waals surface area contributed by atoms with Gasteiger partial charge in [0.15, 0.2) is 0 Å². The lowest BCUT2D eigenvalue weighted by molar-refractivity contribution is -0.140. The normalized spacial score (nSPS) is 14.6. The number of nitrogens with zero attached hydrogens (tertiary/aromatic N) is 2. The Hall–Kier alpha value is -3.27. The topological polar surface area (TPSA) is 105 Å². The van der Waals surface area contributed by atoms with Crippen molar-refractivity contribution in [3.8, 4) is 11.5 Å². The van der Waals surface area contributed by atoms with Gasteiger partial charge in [-0.05, 0) is 43.9 Å². The summed E-state index contributed by atoms with van der Waals surface area (Å²) < 4.78 is 37.6. The number of sulfonamides is 1. The van der Waals surface area contributed by atoms with Crippen LogP contribution in [0.1, 0.15) is 50.2 Å². The highest BCUT2D eigenvalue weighted by molar-refractivity contribution is 7.92. The van der Waals surface area contributed by atoms with Crippen LogP contribution in [0.3, 0.4) is 0 Å². The SMILES string of the molecule is CCC(C(=O)NC1CCCC1)N(Cc1cccc(C)c1)C(=O)CN(c1cc(OC)ccc1OC)S(C)(=O)=O. The minimum absolute atomic E-state index is 0.0982. The molecule has 1 unspecified atom stereocenters. The molecule has 2 amide bonds. The number of methoxy groups -OCH3 is 2. The number of ether oxygens (including phenoxy) is 2. The molecule has 0 radical (unpaired) electrons. The second kappa shape index (κ2) is 13.0. The lowest BCUT2D eigenvalue weighted by atomic mass is 10.1. The standard InChI is InChI=1S/C28H39N3O6S/c1-6-24(28(33)29-22-12-7-8-13-22)30(18-21-11-9-10-20(2)16-21)27(32)19-31(38(5,34)35)25-17-23(36-3)14-15-26(25)37-4/h9-11,14-17,22,24H,6-8,12-13,18-19H2,1-5H3,(H,29,33). The van der Waals surface area contributed by atoms with E-state index in [-0.39, 0.29) is 29.9 Å². The molecule has 0 aliphatic heterocycles. The molecule has 0 bridgehead atoms. The van der Waals surface area contributed by atoms with Crippen LogP contribution >= 0.6 is 0 Å². The number of rotatable bonds is 12. The van der Waals surface area contributed by atoms with E-state index in [4.69, 9.17) is 9.47 Å². The smallest absolute Gasteiger partial charge is 0.244 e. The highest BCUT2D eigenvalue weighted by atomic mass is 32.2. The number of amides is 2. The Balaban J connectivity index is 1.98. The van der Waals surface area contributed by atoms with Crippen molar-refractivity contribution in [3.05, 3.63) is 53.6 Å². The van der Waals surface area contributed by atoms with Crippen molar-refractivity contribution in [1.82, 2.24) is 10.2 Å². The van der Waals surface area contributed by atoms with Crippen LogP contribution in [0.2, 0.25) is 0 Å². The first-order valence-electron chi connectivity index (χ1n) is 12.9. The number of hydrogen-bond acceptors (Lipinski definition) is 6. The summed E-state index contributed by atoms with van der Waals surface area (Å²) >= 11 is 0. The third-order valence-electron chi connectivity index (χ3n) is 6.86. The van der Waals surface area contributed by atoms with Gasteiger partial charge in [0, 0.05) is 18.7 Å². The average molecular weight is 546 g/mol. The molecule has 2 aromatic carbocycles. The number of nitrogens with one attached hydrogen (secondary N) is 1. The summed E-state index contributed by atoms with van der Waals surface area (Å²) in [5.41, 5.74) is 2.06. The minimum atomic E-state index is -3.91. The molecule has 38 heavy (non-hydrogen) atoms. The Morgan fingerprint density at radius 1 is 1.08 bits per heavy atom. The van der Waals surface area contributed by atoms with E-state index >= 15 is 0 Å². The second-order valence-corrected chi connectivity index (χ2v) is 11.6. The van der Waals surface area contributed by atoms with Crippen molar-refractivity contribution < 1.29 is 27.5 Å². The van der Waals surface area contributed by atoms with E-state index in [1.165, 1.54) is 25.2 Å². The van der Waals surface area contributed by atoms with Gasteiger partial charge in [0.25, 0.3) is 0 Å². The largest absolute Gasteiger partial charge is 0.497 e. The first-order valence-corrected chi connectivity index (χ1v) is 14.8. The van der Waals surface area contributed by atoms with E-state index in [1.54, 1.807) is 12.1 Å². The molecule has 10 heteroatoms. The number of hydrogen-bond donors (Lipinski definition) is 1.